The molecule has 0 aromatic carbocycles. The summed E-state index contributed by atoms with van der Waals surface area (Å²) < 4.78 is 12.3. The summed E-state index contributed by atoms with van der Waals surface area (Å²) in [7, 11) is 0. The standard InChI is InChI=1S/C57H113NO4/c1-6-10-14-18-22-24-28-35-45-55(44-34-26-20-16-12-8-3)54(5)61-52-42-32-30-38-48-58(50-40-41-51-59)49-39-31-33-43-53-62-57(60)56(46-36-27-21-17-13-9-4)47-37-29-25-23-19-15-11-7-2/h55-56,59H,5-53H2,1-4H3. The molecule has 0 bridgehead atoms. The van der Waals surface area contributed by atoms with E-state index in [4.69, 9.17) is 9.47 Å². The Labute approximate surface area is 389 Å². The second-order valence-corrected chi connectivity index (χ2v) is 19.6. The molecular formula is C57H113NO4. The van der Waals surface area contributed by atoms with E-state index >= 15 is 0 Å². The molecule has 0 saturated heterocycles. The van der Waals surface area contributed by atoms with Gasteiger partial charge in [-0.1, -0.05) is 240 Å². The number of carbonyl (C=O) groups is 1. The van der Waals surface area contributed by atoms with Gasteiger partial charge in [0.25, 0.3) is 0 Å². The van der Waals surface area contributed by atoms with Crippen LogP contribution in [0.4, 0.5) is 0 Å². The molecule has 370 valence electrons. The number of carbonyl (C=O) groups excluding carboxylic acids is 1. The van der Waals surface area contributed by atoms with E-state index in [1.807, 2.05) is 0 Å². The molecule has 5 nitrogen and oxygen atoms in total. The average molecular weight is 877 g/mol. The van der Waals surface area contributed by atoms with Crippen molar-refractivity contribution in [2.75, 3.05) is 39.5 Å². The van der Waals surface area contributed by atoms with Crippen LogP contribution in [-0.4, -0.2) is 55.4 Å². The number of ether oxygens (including phenoxy) is 2. The zero-order chi connectivity index (χ0) is 45.2. The van der Waals surface area contributed by atoms with Crippen molar-refractivity contribution in [3.63, 3.8) is 0 Å². The van der Waals surface area contributed by atoms with Gasteiger partial charge in [0.2, 0.25) is 0 Å². The Kier molecular flexibility index (Phi) is 50.0. The first-order valence-electron chi connectivity index (χ1n) is 28.3. The molecule has 0 saturated carbocycles. The van der Waals surface area contributed by atoms with Gasteiger partial charge >= 0.3 is 5.97 Å². The second kappa shape index (κ2) is 50.9. The lowest BCUT2D eigenvalue weighted by Gasteiger charge is -2.22. The first kappa shape index (κ1) is 60.9. The van der Waals surface area contributed by atoms with Gasteiger partial charge in [-0.3, -0.25) is 4.79 Å². The van der Waals surface area contributed by atoms with Gasteiger partial charge in [0.1, 0.15) is 0 Å². The quantitative estimate of drug-likeness (QED) is 0.0375. The number of nitrogens with zero attached hydrogens (tertiary/aromatic N) is 1. The zero-order valence-corrected chi connectivity index (χ0v) is 42.9. The minimum atomic E-state index is 0.0786. The van der Waals surface area contributed by atoms with Crippen LogP contribution >= 0.6 is 0 Å². The highest BCUT2D eigenvalue weighted by Gasteiger charge is 2.19. The third-order valence-electron chi connectivity index (χ3n) is 13.6. The van der Waals surface area contributed by atoms with Crippen LogP contribution < -0.4 is 0 Å². The molecule has 2 atom stereocenters. The van der Waals surface area contributed by atoms with Crippen molar-refractivity contribution in [3.05, 3.63) is 12.3 Å². The van der Waals surface area contributed by atoms with Crippen LogP contribution in [-0.2, 0) is 14.3 Å². The van der Waals surface area contributed by atoms with E-state index in [1.165, 1.54) is 225 Å². The molecule has 0 aromatic heterocycles. The monoisotopic (exact) mass is 876 g/mol. The molecule has 0 aliphatic carbocycles. The van der Waals surface area contributed by atoms with Crippen molar-refractivity contribution in [1.82, 2.24) is 4.90 Å². The van der Waals surface area contributed by atoms with Crippen LogP contribution in [0.3, 0.4) is 0 Å². The minimum Gasteiger partial charge on any atom is -0.498 e. The summed E-state index contributed by atoms with van der Waals surface area (Å²) in [4.78, 5) is 15.8. The van der Waals surface area contributed by atoms with E-state index in [0.717, 1.165) is 76.9 Å². The predicted molar refractivity (Wildman–Crippen MR) is 273 cm³/mol. The van der Waals surface area contributed by atoms with E-state index in [9.17, 15) is 9.90 Å². The van der Waals surface area contributed by atoms with Gasteiger partial charge in [-0.2, -0.15) is 0 Å². The van der Waals surface area contributed by atoms with Crippen molar-refractivity contribution < 1.29 is 19.4 Å². The fourth-order valence-electron chi connectivity index (χ4n) is 9.21. The van der Waals surface area contributed by atoms with Gasteiger partial charge in [0.05, 0.1) is 24.9 Å². The van der Waals surface area contributed by atoms with Gasteiger partial charge in [0.15, 0.2) is 0 Å². The highest BCUT2D eigenvalue weighted by molar-refractivity contribution is 5.72. The van der Waals surface area contributed by atoms with E-state index in [-0.39, 0.29) is 18.5 Å². The summed E-state index contributed by atoms with van der Waals surface area (Å²) >= 11 is 0. The average Bonchev–Trinajstić information content (AvgIpc) is 3.27. The number of allylic oxidation sites excluding steroid dienone is 1. The molecule has 0 heterocycles. The topological polar surface area (TPSA) is 59.0 Å². The molecular weight excluding hydrogens is 763 g/mol. The Balaban J connectivity index is 4.48. The van der Waals surface area contributed by atoms with Crippen LogP contribution in [0.2, 0.25) is 0 Å². The lowest BCUT2D eigenvalue weighted by molar-refractivity contribution is -0.149. The number of hydrogen-bond donors (Lipinski definition) is 1. The molecule has 0 rings (SSSR count). The van der Waals surface area contributed by atoms with Gasteiger partial charge in [-0.25, -0.2) is 0 Å². The molecule has 0 radical (unpaired) electrons. The SMILES string of the molecule is C=C(OCCCCCCN(CCCCO)CCCCCCOC(=O)C(CCCCCCCC)CCCCCCCCCC)C(CCCCCCCC)CCCCCCCCCC. The summed E-state index contributed by atoms with van der Waals surface area (Å²) in [6.45, 7) is 18.7. The Hall–Kier alpha value is -1.07. The zero-order valence-electron chi connectivity index (χ0n) is 42.9. The molecule has 0 amide bonds. The van der Waals surface area contributed by atoms with Crippen molar-refractivity contribution in [1.29, 1.82) is 0 Å². The van der Waals surface area contributed by atoms with E-state index in [2.05, 4.69) is 39.2 Å². The summed E-state index contributed by atoms with van der Waals surface area (Å²) in [5, 5.41) is 9.41. The minimum absolute atomic E-state index is 0.0786. The predicted octanol–water partition coefficient (Wildman–Crippen LogP) is 18.1. The maximum absolute atomic E-state index is 13.2. The van der Waals surface area contributed by atoms with Gasteiger partial charge in [-0.15, -0.1) is 0 Å². The van der Waals surface area contributed by atoms with Crippen LogP contribution in [0.5, 0.6) is 0 Å². The summed E-state index contributed by atoms with van der Waals surface area (Å²) in [6.07, 6.45) is 53.1. The lowest BCUT2D eigenvalue weighted by Crippen LogP contribution is -2.27. The molecule has 0 aliphatic rings. The first-order chi connectivity index (χ1) is 30.5. The summed E-state index contributed by atoms with van der Waals surface area (Å²) in [6, 6.07) is 0. The lowest BCUT2D eigenvalue weighted by atomic mass is 9.92. The third-order valence-corrected chi connectivity index (χ3v) is 13.6. The molecule has 0 fully saturated rings. The maximum atomic E-state index is 13.2. The number of rotatable bonds is 53. The fourth-order valence-corrected chi connectivity index (χ4v) is 9.21. The molecule has 0 aliphatic heterocycles. The van der Waals surface area contributed by atoms with Crippen molar-refractivity contribution in [2.45, 2.75) is 297 Å². The largest absolute Gasteiger partial charge is 0.498 e. The van der Waals surface area contributed by atoms with Crippen molar-refractivity contribution >= 4 is 5.97 Å². The Morgan fingerprint density at radius 3 is 1.05 bits per heavy atom. The molecule has 2 unspecified atom stereocenters. The first-order valence-corrected chi connectivity index (χ1v) is 28.3. The number of hydrogen-bond acceptors (Lipinski definition) is 5. The normalized spacial score (nSPS) is 12.6. The van der Waals surface area contributed by atoms with Crippen LogP contribution in [0.15, 0.2) is 12.3 Å². The summed E-state index contributed by atoms with van der Waals surface area (Å²) in [5.74, 6) is 1.78. The van der Waals surface area contributed by atoms with E-state index in [1.54, 1.807) is 0 Å². The molecule has 1 N–H and O–H groups in total. The van der Waals surface area contributed by atoms with Crippen LogP contribution in [0.25, 0.3) is 0 Å². The van der Waals surface area contributed by atoms with E-state index < -0.39 is 0 Å². The molecule has 62 heavy (non-hydrogen) atoms. The number of unbranched alkanes of at least 4 members (excludes halogenated alkanes) is 31. The smallest absolute Gasteiger partial charge is 0.308 e. The Morgan fingerprint density at radius 2 is 0.677 bits per heavy atom. The van der Waals surface area contributed by atoms with Gasteiger partial charge in [-0.05, 0) is 83.8 Å². The maximum Gasteiger partial charge on any atom is 0.308 e. The molecule has 5 heteroatoms. The van der Waals surface area contributed by atoms with Crippen LogP contribution in [0.1, 0.15) is 297 Å². The van der Waals surface area contributed by atoms with Crippen molar-refractivity contribution in [2.24, 2.45) is 11.8 Å². The van der Waals surface area contributed by atoms with Crippen LogP contribution in [0, 0.1) is 11.8 Å². The second-order valence-electron chi connectivity index (χ2n) is 19.6. The fraction of sp³-hybridized carbons (Fsp3) is 0.947. The molecule has 0 aromatic rings. The van der Waals surface area contributed by atoms with Gasteiger partial charge < -0.3 is 19.5 Å². The Bertz CT molecular complexity index is 828. The number of aliphatic hydroxyl groups excluding tert-OH is 1. The van der Waals surface area contributed by atoms with E-state index in [0.29, 0.717) is 12.5 Å². The highest BCUT2D eigenvalue weighted by atomic mass is 16.5. The highest BCUT2D eigenvalue weighted by Crippen LogP contribution is 2.26. The van der Waals surface area contributed by atoms with Crippen molar-refractivity contribution in [3.8, 4) is 0 Å². The number of esters is 1. The summed E-state index contributed by atoms with van der Waals surface area (Å²) in [5.41, 5.74) is 0. The Morgan fingerprint density at radius 1 is 0.387 bits per heavy atom. The number of aliphatic hydroxyl groups is 1. The third kappa shape index (κ3) is 42.9. The molecule has 0 spiro atoms. The van der Waals surface area contributed by atoms with Gasteiger partial charge in [0, 0.05) is 12.5 Å².